The number of rotatable bonds is 9. The van der Waals surface area contributed by atoms with Gasteiger partial charge in [0.15, 0.2) is 5.88 Å². The number of hydrogen-bond acceptors (Lipinski definition) is 7. The van der Waals surface area contributed by atoms with Crippen LogP contribution in [0.25, 0.3) is 28.1 Å². The number of carbonyl (C=O) groups excluding carboxylic acids is 2. The number of ether oxygens (including phenoxy) is 2. The lowest BCUT2D eigenvalue weighted by Crippen LogP contribution is -2.40. The van der Waals surface area contributed by atoms with Crippen LogP contribution in [0.2, 0.25) is 0 Å². The summed E-state index contributed by atoms with van der Waals surface area (Å²) in [6, 6.07) is 17.1. The van der Waals surface area contributed by atoms with Crippen LogP contribution in [0.4, 0.5) is 0 Å². The fourth-order valence-corrected chi connectivity index (χ4v) is 7.80. The van der Waals surface area contributed by atoms with Gasteiger partial charge in [-0.15, -0.1) is 0 Å². The van der Waals surface area contributed by atoms with Crippen LogP contribution in [0, 0.1) is 12.8 Å². The van der Waals surface area contributed by atoms with Crippen LogP contribution in [0.15, 0.2) is 54.6 Å². The molecule has 2 amide bonds. The van der Waals surface area contributed by atoms with Gasteiger partial charge < -0.3 is 30.0 Å². The maximum Gasteiger partial charge on any atom is 0.255 e. The molecule has 2 aliphatic heterocycles. The molecule has 248 valence electrons. The van der Waals surface area contributed by atoms with Gasteiger partial charge in [0.2, 0.25) is 0 Å². The summed E-state index contributed by atoms with van der Waals surface area (Å²) in [5, 5.41) is 4.09. The third-order valence-electron chi connectivity index (χ3n) is 10.5. The smallest absolute Gasteiger partial charge is 0.255 e. The Bertz CT molecular complexity index is 2080. The molecule has 3 N–H and O–H groups in total. The molecule has 4 aromatic heterocycles. The van der Waals surface area contributed by atoms with Crippen molar-refractivity contribution < 1.29 is 19.1 Å². The molecule has 0 spiro atoms. The van der Waals surface area contributed by atoms with E-state index in [1.807, 2.05) is 53.5 Å². The number of hydrogen-bond donors (Lipinski definition) is 2. The molecule has 3 aliphatic rings. The van der Waals surface area contributed by atoms with Crippen LogP contribution < -0.4 is 20.5 Å². The normalized spacial score (nSPS) is 20.9. The number of carbonyl (C=O) groups is 2. The van der Waals surface area contributed by atoms with E-state index < -0.39 is 0 Å². The van der Waals surface area contributed by atoms with Gasteiger partial charge in [-0.3, -0.25) is 14.0 Å². The second-order valence-corrected chi connectivity index (χ2v) is 13.6. The van der Waals surface area contributed by atoms with Gasteiger partial charge >= 0.3 is 0 Å². The number of imidazole rings is 1. The number of benzene rings is 1. The zero-order chi connectivity index (χ0) is 33.3. The standard InChI is InChI=1S/C37H41N7O4/c1-20(39-36(45)26-7-5-6-8-31(26)47-3)28-13-11-23-15-30(42(35(23)40-28)19-22-9-10-22)34-21(2)43-32(41-34)16-24(17-33(43)48-4)37(46)44-25-12-14-29(44)27(38)18-25/h5-8,11,13,15-17,20,22,25,27,29H,9-10,12,14,18-19,38H2,1-4H3,(H,39,45)/t20-,25+,27-,29-/m1/s1. The molecule has 0 radical (unpaired) electrons. The van der Waals surface area contributed by atoms with E-state index in [-0.39, 0.29) is 36.0 Å². The number of nitrogens with two attached hydrogens (primary N) is 1. The number of aryl methyl sites for hydroxylation is 1. The van der Waals surface area contributed by atoms with Gasteiger partial charge in [-0.1, -0.05) is 12.1 Å². The Labute approximate surface area is 279 Å². The summed E-state index contributed by atoms with van der Waals surface area (Å²) in [6.07, 6.45) is 5.17. The maximum absolute atomic E-state index is 13.8. The van der Waals surface area contributed by atoms with Crippen LogP contribution in [0.1, 0.15) is 77.2 Å². The summed E-state index contributed by atoms with van der Waals surface area (Å²) in [6.45, 7) is 4.80. The van der Waals surface area contributed by atoms with Crippen molar-refractivity contribution >= 4 is 28.5 Å². The van der Waals surface area contributed by atoms with Gasteiger partial charge in [-0.25, -0.2) is 9.97 Å². The number of para-hydroxylation sites is 1. The Morgan fingerprint density at radius 3 is 2.54 bits per heavy atom. The summed E-state index contributed by atoms with van der Waals surface area (Å²) in [7, 11) is 3.19. The minimum absolute atomic E-state index is 0.00931. The first kappa shape index (κ1) is 30.4. The highest BCUT2D eigenvalue weighted by Crippen LogP contribution is 2.40. The van der Waals surface area contributed by atoms with E-state index in [2.05, 4.69) is 22.0 Å². The first-order valence-corrected chi connectivity index (χ1v) is 16.9. The molecule has 1 saturated carbocycles. The minimum Gasteiger partial charge on any atom is -0.496 e. The molecular weight excluding hydrogens is 606 g/mol. The molecule has 1 aromatic carbocycles. The molecule has 0 unspecified atom stereocenters. The minimum atomic E-state index is -0.336. The average Bonchev–Trinajstić information content (AvgIpc) is 3.42. The van der Waals surface area contributed by atoms with Crippen LogP contribution in [0.3, 0.4) is 0 Å². The van der Waals surface area contributed by atoms with Crippen LogP contribution in [-0.2, 0) is 6.54 Å². The zero-order valence-electron chi connectivity index (χ0n) is 27.8. The largest absolute Gasteiger partial charge is 0.496 e. The lowest BCUT2D eigenvalue weighted by atomic mass is 9.97. The second-order valence-electron chi connectivity index (χ2n) is 13.6. The molecule has 11 nitrogen and oxygen atoms in total. The van der Waals surface area contributed by atoms with Gasteiger partial charge in [0.05, 0.1) is 42.9 Å². The van der Waals surface area contributed by atoms with Crippen molar-refractivity contribution in [2.24, 2.45) is 11.7 Å². The van der Waals surface area contributed by atoms with Gasteiger partial charge in [-0.2, -0.15) is 0 Å². The molecule has 6 heterocycles. The molecule has 2 saturated heterocycles. The topological polar surface area (TPSA) is 129 Å². The van der Waals surface area contributed by atoms with E-state index in [1.165, 1.54) is 12.8 Å². The van der Waals surface area contributed by atoms with Gasteiger partial charge in [0.25, 0.3) is 11.8 Å². The quantitative estimate of drug-likeness (QED) is 0.223. The summed E-state index contributed by atoms with van der Waals surface area (Å²) >= 11 is 0. The van der Waals surface area contributed by atoms with Crippen molar-refractivity contribution in [3.05, 3.63) is 77.1 Å². The number of pyridine rings is 2. The summed E-state index contributed by atoms with van der Waals surface area (Å²) < 4.78 is 15.5. The molecule has 3 fully saturated rings. The Morgan fingerprint density at radius 2 is 1.83 bits per heavy atom. The number of nitrogens with one attached hydrogen (secondary N) is 1. The fraction of sp³-hybridized carbons (Fsp3) is 0.405. The Balaban J connectivity index is 1.16. The van der Waals surface area contributed by atoms with Crippen molar-refractivity contribution in [1.82, 2.24) is 29.2 Å². The number of nitrogens with zero attached hydrogens (tertiary/aromatic N) is 5. The lowest BCUT2D eigenvalue weighted by Gasteiger charge is -2.23. The highest BCUT2D eigenvalue weighted by molar-refractivity contribution is 5.97. The van der Waals surface area contributed by atoms with Crippen molar-refractivity contribution in [3.8, 4) is 23.0 Å². The second kappa shape index (κ2) is 11.7. The third kappa shape index (κ3) is 4.99. The third-order valence-corrected chi connectivity index (χ3v) is 10.5. The highest BCUT2D eigenvalue weighted by Gasteiger charge is 2.47. The molecule has 11 heteroatoms. The molecule has 48 heavy (non-hydrogen) atoms. The monoisotopic (exact) mass is 647 g/mol. The van der Waals surface area contributed by atoms with E-state index in [0.717, 1.165) is 59.6 Å². The molecular formula is C37H41N7O4. The Morgan fingerprint density at radius 1 is 1.02 bits per heavy atom. The van der Waals surface area contributed by atoms with Crippen molar-refractivity contribution in [3.63, 3.8) is 0 Å². The molecule has 4 atom stereocenters. The summed E-state index contributed by atoms with van der Waals surface area (Å²) in [5.41, 5.74) is 12.4. The van der Waals surface area contributed by atoms with E-state index >= 15 is 0 Å². The van der Waals surface area contributed by atoms with Gasteiger partial charge in [0.1, 0.15) is 22.7 Å². The van der Waals surface area contributed by atoms with Crippen molar-refractivity contribution in [1.29, 1.82) is 0 Å². The van der Waals surface area contributed by atoms with Crippen LogP contribution >= 0.6 is 0 Å². The van der Waals surface area contributed by atoms with Crippen molar-refractivity contribution in [2.75, 3.05) is 14.2 Å². The molecule has 8 rings (SSSR count). The first-order valence-electron chi connectivity index (χ1n) is 16.9. The zero-order valence-corrected chi connectivity index (χ0v) is 27.8. The highest BCUT2D eigenvalue weighted by atomic mass is 16.5. The molecule has 1 aliphatic carbocycles. The summed E-state index contributed by atoms with van der Waals surface area (Å²) in [4.78, 5) is 39.2. The van der Waals surface area contributed by atoms with E-state index in [4.69, 9.17) is 25.2 Å². The predicted molar refractivity (Wildman–Crippen MR) is 182 cm³/mol. The van der Waals surface area contributed by atoms with E-state index in [0.29, 0.717) is 34.3 Å². The van der Waals surface area contributed by atoms with Gasteiger partial charge in [-0.05, 0) is 88.3 Å². The van der Waals surface area contributed by atoms with Crippen molar-refractivity contribution in [2.45, 2.75) is 76.7 Å². The SMILES string of the molecule is COc1ccccc1C(=O)N[C@H](C)c1ccc2cc(-c3nc4cc(C(=O)N5[C@H]6CC[C@@H]5[C@H](N)C6)cc(OC)n4c3C)n(CC3CC3)c2n1. The first-order chi connectivity index (χ1) is 23.2. The lowest BCUT2D eigenvalue weighted by molar-refractivity contribution is 0.0725. The Kier molecular flexibility index (Phi) is 7.39. The molecule has 5 aromatic rings. The maximum atomic E-state index is 13.8. The predicted octanol–water partition coefficient (Wildman–Crippen LogP) is 5.28. The van der Waals surface area contributed by atoms with E-state index in [9.17, 15) is 9.59 Å². The van der Waals surface area contributed by atoms with Crippen LogP contribution in [0.5, 0.6) is 11.6 Å². The van der Waals surface area contributed by atoms with Gasteiger partial charge in [0, 0.05) is 41.7 Å². The average molecular weight is 648 g/mol. The fourth-order valence-electron chi connectivity index (χ4n) is 7.80. The van der Waals surface area contributed by atoms with Crippen LogP contribution in [-0.4, -0.2) is 68.0 Å². The summed E-state index contributed by atoms with van der Waals surface area (Å²) in [5.74, 6) is 1.43. The number of methoxy groups -OCH3 is 2. The number of amides is 2. The molecule has 2 bridgehead atoms. The number of aromatic nitrogens is 4. The Hall–Kier alpha value is -4.90. The number of fused-ring (bicyclic) bond motifs is 4. The van der Waals surface area contributed by atoms with E-state index in [1.54, 1.807) is 26.4 Å².